The molecule has 4 bridgehead atoms. The summed E-state index contributed by atoms with van der Waals surface area (Å²) in [5.74, 6) is -1.87. The normalized spacial score (nSPS) is 35.4. The van der Waals surface area contributed by atoms with Gasteiger partial charge in [0.2, 0.25) is 23.6 Å². The van der Waals surface area contributed by atoms with Gasteiger partial charge in [0.05, 0.1) is 23.7 Å². The maximum absolute atomic E-state index is 13.5. The summed E-state index contributed by atoms with van der Waals surface area (Å²) in [4.78, 5) is 81.7. The standard InChI is InChI=1S/C32H36N2O7/c35-23(17-6-2-1-3-7-17)16-41-32(40)22(34-30(38)26-20-11-12-21(15-20)27(26)31(34)39)8-4-5-13-33-28(36)24-18-9-10-19(14-18)25(24)29(33)37/h1-3,6-7,18-22,24-27H,4-5,8-16H2. The smallest absolute Gasteiger partial charge is 0.329 e. The van der Waals surface area contributed by atoms with E-state index in [1.54, 1.807) is 30.3 Å². The molecule has 9 heteroatoms. The highest BCUT2D eigenvalue weighted by Crippen LogP contribution is 2.57. The van der Waals surface area contributed by atoms with Crippen LogP contribution in [0.3, 0.4) is 0 Å². The van der Waals surface area contributed by atoms with Crippen LogP contribution in [0.5, 0.6) is 0 Å². The average molecular weight is 561 g/mol. The predicted octanol–water partition coefficient (Wildman–Crippen LogP) is 3.01. The van der Waals surface area contributed by atoms with Crippen LogP contribution in [0.15, 0.2) is 30.3 Å². The SMILES string of the molecule is O=C(COC(=O)C(CCCCN1C(=O)C2C3CCC(C3)C2C1=O)N1C(=O)C2C3CCC(C3)C2C1=O)c1ccccc1. The minimum Gasteiger partial charge on any atom is -0.456 e. The van der Waals surface area contributed by atoms with Crippen LogP contribution >= 0.6 is 0 Å². The fourth-order valence-corrected chi connectivity index (χ4v) is 9.33. The van der Waals surface area contributed by atoms with Gasteiger partial charge in [-0.25, -0.2) is 4.79 Å². The number of ketones is 1. The van der Waals surface area contributed by atoms with Gasteiger partial charge in [-0.2, -0.15) is 0 Å². The fraction of sp³-hybridized carbons (Fsp3) is 0.625. The summed E-state index contributed by atoms with van der Waals surface area (Å²) in [6, 6.07) is 7.38. The van der Waals surface area contributed by atoms with Crippen LogP contribution < -0.4 is 0 Å². The van der Waals surface area contributed by atoms with Crippen molar-refractivity contribution in [1.29, 1.82) is 0 Å². The van der Waals surface area contributed by atoms with Crippen LogP contribution in [0.4, 0.5) is 0 Å². The van der Waals surface area contributed by atoms with E-state index in [1.807, 2.05) is 0 Å². The number of carbonyl (C=O) groups is 6. The number of hydrogen-bond donors (Lipinski definition) is 0. The van der Waals surface area contributed by atoms with E-state index in [9.17, 15) is 28.8 Å². The van der Waals surface area contributed by atoms with E-state index in [4.69, 9.17) is 4.74 Å². The minimum absolute atomic E-state index is 0.0595. The van der Waals surface area contributed by atoms with Crippen LogP contribution in [0.2, 0.25) is 0 Å². The number of carbonyl (C=O) groups excluding carboxylic acids is 6. The number of imide groups is 2. The highest BCUT2D eigenvalue weighted by Gasteiger charge is 2.63. The third-order valence-corrected chi connectivity index (χ3v) is 11.1. The number of rotatable bonds is 10. The van der Waals surface area contributed by atoms with Crippen molar-refractivity contribution in [2.75, 3.05) is 13.2 Å². The average Bonchev–Trinajstić information content (AvgIpc) is 3.83. The fourth-order valence-electron chi connectivity index (χ4n) is 9.33. The molecule has 0 aromatic heterocycles. The van der Waals surface area contributed by atoms with Crippen LogP contribution in [-0.4, -0.2) is 64.4 Å². The van der Waals surface area contributed by atoms with Gasteiger partial charge in [-0.1, -0.05) is 30.3 Å². The number of Topliss-reactive ketones (excluding diaryl/α,β-unsaturated/α-hetero) is 1. The Kier molecular flexibility index (Phi) is 6.58. The first kappa shape index (κ1) is 26.5. The number of likely N-dealkylation sites (tertiary alicyclic amines) is 2. The van der Waals surface area contributed by atoms with Gasteiger partial charge in [0, 0.05) is 12.1 Å². The molecule has 216 valence electrons. The lowest BCUT2D eigenvalue weighted by atomic mass is 9.81. The van der Waals surface area contributed by atoms with E-state index in [0.29, 0.717) is 30.2 Å². The third-order valence-electron chi connectivity index (χ3n) is 11.1. The molecule has 9 atom stereocenters. The molecule has 6 aliphatic rings. The zero-order valence-corrected chi connectivity index (χ0v) is 23.1. The predicted molar refractivity (Wildman–Crippen MR) is 144 cm³/mol. The maximum Gasteiger partial charge on any atom is 0.329 e. The quantitative estimate of drug-likeness (QED) is 0.187. The second-order valence-corrected chi connectivity index (χ2v) is 13.1. The summed E-state index contributed by atoms with van der Waals surface area (Å²) in [7, 11) is 0. The number of amides is 4. The van der Waals surface area contributed by atoms with Gasteiger partial charge in [0.1, 0.15) is 6.04 Å². The summed E-state index contributed by atoms with van der Waals surface area (Å²) in [5, 5.41) is 0. The number of benzene rings is 1. The van der Waals surface area contributed by atoms with Crippen LogP contribution in [0.25, 0.3) is 0 Å². The van der Waals surface area contributed by atoms with Gasteiger partial charge in [-0.3, -0.25) is 33.8 Å². The number of esters is 1. The lowest BCUT2D eigenvalue weighted by molar-refractivity contribution is -0.159. The maximum atomic E-state index is 13.5. The first-order valence-electron chi connectivity index (χ1n) is 15.3. The molecule has 0 spiro atoms. The van der Waals surface area contributed by atoms with E-state index in [1.165, 1.54) is 4.90 Å². The second kappa shape index (κ2) is 10.2. The van der Waals surface area contributed by atoms with E-state index >= 15 is 0 Å². The summed E-state index contributed by atoms with van der Waals surface area (Å²) >= 11 is 0. The van der Waals surface area contributed by atoms with Gasteiger partial charge in [-0.05, 0) is 81.5 Å². The molecule has 9 unspecified atom stereocenters. The molecule has 6 fully saturated rings. The Morgan fingerprint density at radius 2 is 1.24 bits per heavy atom. The minimum atomic E-state index is -1.12. The van der Waals surface area contributed by atoms with Crippen molar-refractivity contribution >= 4 is 35.4 Å². The number of hydrogen-bond acceptors (Lipinski definition) is 7. The first-order chi connectivity index (χ1) is 19.8. The summed E-state index contributed by atoms with van der Waals surface area (Å²) in [6.07, 6.45) is 6.84. The summed E-state index contributed by atoms with van der Waals surface area (Å²) in [5.41, 5.74) is 0.412. The van der Waals surface area contributed by atoms with Crippen molar-refractivity contribution in [3.63, 3.8) is 0 Å². The molecular weight excluding hydrogens is 524 g/mol. The number of fused-ring (bicyclic) bond motifs is 10. The lowest BCUT2D eigenvalue weighted by Gasteiger charge is -2.26. The third kappa shape index (κ3) is 4.17. The van der Waals surface area contributed by atoms with Crippen molar-refractivity contribution in [2.45, 2.75) is 63.8 Å². The molecule has 1 aromatic carbocycles. The summed E-state index contributed by atoms with van der Waals surface area (Å²) in [6.45, 7) is -0.203. The molecule has 0 radical (unpaired) electrons. The molecular formula is C32H36N2O7. The number of ether oxygens (including phenoxy) is 1. The van der Waals surface area contributed by atoms with Crippen molar-refractivity contribution < 1.29 is 33.5 Å². The molecule has 4 aliphatic carbocycles. The van der Waals surface area contributed by atoms with Gasteiger partial charge in [0.25, 0.3) is 0 Å². The van der Waals surface area contributed by atoms with Crippen molar-refractivity contribution in [3.8, 4) is 0 Å². The largest absolute Gasteiger partial charge is 0.456 e. The number of nitrogens with zero attached hydrogens (tertiary/aromatic N) is 2. The zero-order chi connectivity index (χ0) is 28.4. The molecule has 0 N–H and O–H groups in total. The molecule has 41 heavy (non-hydrogen) atoms. The van der Waals surface area contributed by atoms with Crippen molar-refractivity contribution in [2.24, 2.45) is 47.3 Å². The Balaban J connectivity index is 1.02. The topological polar surface area (TPSA) is 118 Å². The molecule has 2 saturated heterocycles. The first-order valence-corrected chi connectivity index (χ1v) is 15.3. The van der Waals surface area contributed by atoms with E-state index in [-0.39, 0.29) is 77.9 Å². The van der Waals surface area contributed by atoms with Gasteiger partial charge < -0.3 is 4.74 Å². The molecule has 4 amide bonds. The highest BCUT2D eigenvalue weighted by molar-refractivity contribution is 6.09. The van der Waals surface area contributed by atoms with Crippen molar-refractivity contribution in [3.05, 3.63) is 35.9 Å². The molecule has 9 nitrogen and oxygen atoms in total. The second-order valence-electron chi connectivity index (χ2n) is 13.1. The molecule has 2 heterocycles. The van der Waals surface area contributed by atoms with Crippen LogP contribution in [0, 0.1) is 47.3 Å². The Morgan fingerprint density at radius 1 is 0.732 bits per heavy atom. The summed E-state index contributed by atoms with van der Waals surface area (Å²) < 4.78 is 5.41. The zero-order valence-electron chi connectivity index (χ0n) is 23.1. The monoisotopic (exact) mass is 560 g/mol. The molecule has 1 aromatic rings. The van der Waals surface area contributed by atoms with Gasteiger partial charge in [0.15, 0.2) is 12.4 Å². The van der Waals surface area contributed by atoms with E-state index < -0.39 is 18.6 Å². The highest BCUT2D eigenvalue weighted by atomic mass is 16.5. The Hall–Kier alpha value is -3.36. The van der Waals surface area contributed by atoms with E-state index in [0.717, 1.165) is 43.4 Å². The van der Waals surface area contributed by atoms with E-state index in [2.05, 4.69) is 0 Å². The Morgan fingerprint density at radius 3 is 1.78 bits per heavy atom. The van der Waals surface area contributed by atoms with Crippen LogP contribution in [-0.2, 0) is 28.7 Å². The van der Waals surface area contributed by atoms with Gasteiger partial charge >= 0.3 is 5.97 Å². The van der Waals surface area contributed by atoms with Crippen LogP contribution in [0.1, 0.15) is 68.1 Å². The lowest BCUT2D eigenvalue weighted by Crippen LogP contribution is -2.47. The molecule has 7 rings (SSSR count). The molecule has 2 aliphatic heterocycles. The Bertz CT molecular complexity index is 1250. The Labute approximate surface area is 238 Å². The molecule has 4 saturated carbocycles. The number of unbranched alkanes of at least 4 members (excludes halogenated alkanes) is 1. The van der Waals surface area contributed by atoms with Crippen molar-refractivity contribution in [1.82, 2.24) is 9.80 Å². The van der Waals surface area contributed by atoms with Gasteiger partial charge in [-0.15, -0.1) is 0 Å².